The Morgan fingerprint density at radius 3 is 1.24 bits per heavy atom. The predicted octanol–water partition coefficient (Wildman–Crippen LogP) is 19.9. The van der Waals surface area contributed by atoms with Crippen molar-refractivity contribution < 1.29 is 56.4 Å². The van der Waals surface area contributed by atoms with Crippen LogP contribution in [0.2, 0.25) is 36.3 Å². The Balaban J connectivity index is 0.000000489. The molecule has 0 amide bonds. The summed E-state index contributed by atoms with van der Waals surface area (Å²) in [7, 11) is -0.379. The molecule has 2 saturated heterocycles. The molecule has 94 heavy (non-hydrogen) atoms. The van der Waals surface area contributed by atoms with Crippen molar-refractivity contribution >= 4 is 34.2 Å². The van der Waals surface area contributed by atoms with Gasteiger partial charge in [0.25, 0.3) is 0 Å². The number of rotatable bonds is 43. The molecule has 3 aromatic rings. The summed E-state index contributed by atoms with van der Waals surface area (Å²) in [5.41, 5.74) is 2.96. The molecule has 2 fully saturated rings. The third-order valence-corrected chi connectivity index (χ3v) is 30.1. The second kappa shape index (κ2) is 44.4. The van der Waals surface area contributed by atoms with Gasteiger partial charge >= 0.3 is 5.97 Å². The average molecular weight is 1340 g/mol. The maximum atomic E-state index is 13.8. The maximum absolute atomic E-state index is 13.8. The number of hydrogen-bond acceptors (Lipinski definition) is 12. The predicted molar refractivity (Wildman–Crippen MR) is 392 cm³/mol. The molecule has 2 heterocycles. The van der Waals surface area contributed by atoms with Crippen LogP contribution in [0.3, 0.4) is 0 Å². The van der Waals surface area contributed by atoms with E-state index >= 15 is 0 Å². The fourth-order valence-electron chi connectivity index (χ4n) is 13.6. The van der Waals surface area contributed by atoms with Crippen LogP contribution in [0.15, 0.2) is 117 Å². The highest BCUT2D eigenvalue weighted by atomic mass is 28.4. The number of carbonyl (C=O) groups excluding carboxylic acids is 3. The minimum absolute atomic E-state index is 0.0199. The van der Waals surface area contributed by atoms with Gasteiger partial charge in [0.2, 0.25) is 0 Å². The van der Waals surface area contributed by atoms with Gasteiger partial charge in [0.15, 0.2) is 16.6 Å². The van der Waals surface area contributed by atoms with Gasteiger partial charge in [-0.15, -0.1) is 19.7 Å². The summed E-state index contributed by atoms with van der Waals surface area (Å²) in [6.45, 7) is 46.9. The summed E-state index contributed by atoms with van der Waals surface area (Å²) in [5, 5.41) is 0. The van der Waals surface area contributed by atoms with Crippen molar-refractivity contribution in [2.45, 2.75) is 280 Å². The standard InChI is InChI=1S/C43H66O7Si.C35H60O5Si.C2H4/c1-10-31(5)25-32(6)40-28-41(50-51(11-2,12-3)13-4)43(49-40)34(8)27-37(44)26-33(7)39(47-29-36-19-21-38(46-9)22-20-36)23-24-42(45)48-30-35-17-15-14-16-18-35;1-11-25(6)20-26(7)33-23-34(40-41(13-3,14-4)15-5)35(39-33)28(9)22-30(36)21-27(8)32(12-2)38-24-29-16-18-31(37-10)19-17-29;1-2/h14-24,31-34,39-41,43H,10-13,25-30H2,1-9H3;12,16-19,25-28,32-35H,2,11,13-15,20-24H2,1,3-10H3;1-2H2/b24-23+;;/t31-,32-,33-,34-,39+,40-,41-,43-;25-,26-,27-,28-,32+,33-,34-,35-;/m00./s1. The third-order valence-electron chi connectivity index (χ3n) is 20.7. The number of methoxy groups -OCH3 is 2. The highest BCUT2D eigenvalue weighted by Crippen LogP contribution is 2.41. The lowest BCUT2D eigenvalue weighted by molar-refractivity contribution is -0.139. The van der Waals surface area contributed by atoms with Crippen LogP contribution in [0.5, 0.6) is 11.5 Å². The lowest BCUT2D eigenvalue weighted by Gasteiger charge is -2.35. The van der Waals surface area contributed by atoms with Gasteiger partial charge in [-0.25, -0.2) is 4.79 Å². The van der Waals surface area contributed by atoms with Gasteiger partial charge < -0.3 is 42.0 Å². The Kier molecular flexibility index (Phi) is 39.6. The van der Waals surface area contributed by atoms with Gasteiger partial charge in [0.05, 0.1) is 76.3 Å². The number of benzene rings is 3. The molecule has 0 N–H and O–H groups in total. The number of Topliss-reactive ketones (excluding diaryl/α,β-unsaturated/α-hetero) is 2. The molecular formula is C80H130O12Si2. The Hall–Kier alpha value is -4.52. The number of ether oxygens (including phenoxy) is 7. The molecule has 0 unspecified atom stereocenters. The van der Waals surface area contributed by atoms with Crippen LogP contribution < -0.4 is 9.47 Å². The fraction of sp³-hybridized carbons (Fsp3) is 0.662. The summed E-state index contributed by atoms with van der Waals surface area (Å²) in [4.78, 5) is 39.8. The fourth-order valence-corrected chi connectivity index (χ4v) is 19.4. The molecule has 16 atom stereocenters. The summed E-state index contributed by atoms with van der Waals surface area (Å²) >= 11 is 0. The molecule has 530 valence electrons. The molecule has 0 saturated carbocycles. The topological polar surface area (TPSA) is 134 Å². The van der Waals surface area contributed by atoms with E-state index in [1.165, 1.54) is 18.9 Å². The molecular weight excluding hydrogens is 1210 g/mol. The van der Waals surface area contributed by atoms with Crippen molar-refractivity contribution in [2.75, 3.05) is 14.2 Å². The normalized spacial score (nSPS) is 21.4. The first-order valence-electron chi connectivity index (χ1n) is 36.2. The van der Waals surface area contributed by atoms with Crippen molar-refractivity contribution in [1.29, 1.82) is 0 Å². The molecule has 2 aliphatic heterocycles. The molecule has 0 aromatic heterocycles. The lowest BCUT2D eigenvalue weighted by atomic mass is 9.88. The second-order valence-corrected chi connectivity index (χ2v) is 37.2. The van der Waals surface area contributed by atoms with Crippen molar-refractivity contribution in [3.8, 4) is 11.5 Å². The van der Waals surface area contributed by atoms with Crippen LogP contribution in [-0.4, -0.2) is 97.2 Å². The average Bonchev–Trinajstić information content (AvgIpc) is 1.67. The molecule has 0 spiro atoms. The van der Waals surface area contributed by atoms with E-state index < -0.39 is 28.7 Å². The van der Waals surface area contributed by atoms with Crippen LogP contribution in [0.1, 0.15) is 192 Å². The summed E-state index contributed by atoms with van der Waals surface area (Å²) in [6, 6.07) is 31.8. The van der Waals surface area contributed by atoms with E-state index in [9.17, 15) is 14.4 Å². The minimum Gasteiger partial charge on any atom is -0.497 e. The molecule has 3 aromatic carbocycles. The van der Waals surface area contributed by atoms with Crippen LogP contribution in [0, 0.1) is 47.3 Å². The van der Waals surface area contributed by atoms with Crippen molar-refractivity contribution in [3.63, 3.8) is 0 Å². The Morgan fingerprint density at radius 2 is 0.883 bits per heavy atom. The highest BCUT2D eigenvalue weighted by Gasteiger charge is 2.47. The molecule has 0 aliphatic carbocycles. The summed E-state index contributed by atoms with van der Waals surface area (Å²) in [5.74, 6) is 3.85. The van der Waals surface area contributed by atoms with E-state index in [2.05, 4.69) is 124 Å². The molecule has 14 heteroatoms. The van der Waals surface area contributed by atoms with E-state index in [1.54, 1.807) is 20.3 Å². The SMILES string of the molecule is C=C.C=C[C@@H](OCc1ccc(OC)cc1)[C@@H](C)CC(=O)C[C@H](C)[C@@H]1O[C@H]([C@@H](C)C[C@@H](C)CC)C[C@@H]1O[Si](CC)(CC)CC.CC[C@H](C)C[C@H](C)[C@@H]1C[C@H](O[Si](CC)(CC)CC)[C@H]([C@@H](C)CC(=O)C[C@H](C)[C@@H](/C=C/C(=O)OCc2ccccc2)OCc2ccc(OC)cc2)O1. The quantitative estimate of drug-likeness (QED) is 0.0231. The van der Waals surface area contributed by atoms with E-state index in [4.69, 9.17) is 42.0 Å². The summed E-state index contributed by atoms with van der Waals surface area (Å²) in [6.07, 6.45) is 12.8. The van der Waals surface area contributed by atoms with E-state index in [1.807, 2.05) is 91.9 Å². The zero-order valence-electron chi connectivity index (χ0n) is 61.9. The van der Waals surface area contributed by atoms with Gasteiger partial charge in [-0.3, -0.25) is 9.59 Å². The first-order valence-corrected chi connectivity index (χ1v) is 41.3. The van der Waals surface area contributed by atoms with Gasteiger partial charge in [0, 0.05) is 44.6 Å². The van der Waals surface area contributed by atoms with Crippen LogP contribution in [-0.2, 0) is 66.7 Å². The molecule has 5 rings (SSSR count). The number of hydrogen-bond donors (Lipinski definition) is 0. The zero-order valence-corrected chi connectivity index (χ0v) is 63.9. The molecule has 12 nitrogen and oxygen atoms in total. The Morgan fingerprint density at radius 1 is 0.511 bits per heavy atom. The Labute approximate surface area is 574 Å². The van der Waals surface area contributed by atoms with Crippen LogP contribution >= 0.6 is 0 Å². The molecule has 2 aliphatic rings. The largest absolute Gasteiger partial charge is 0.497 e. The van der Waals surface area contributed by atoms with Crippen LogP contribution in [0.25, 0.3) is 0 Å². The van der Waals surface area contributed by atoms with Gasteiger partial charge in [0.1, 0.15) is 29.7 Å². The first kappa shape index (κ1) is 83.7. The van der Waals surface area contributed by atoms with E-state index in [0.29, 0.717) is 62.6 Å². The van der Waals surface area contributed by atoms with Crippen molar-refractivity contribution in [2.24, 2.45) is 47.3 Å². The number of ketones is 2. The van der Waals surface area contributed by atoms with Crippen molar-refractivity contribution in [1.82, 2.24) is 0 Å². The maximum Gasteiger partial charge on any atom is 0.330 e. The second-order valence-electron chi connectivity index (χ2n) is 27.7. The van der Waals surface area contributed by atoms with E-state index in [0.717, 1.165) is 90.1 Å². The highest BCUT2D eigenvalue weighted by molar-refractivity contribution is 6.74. The molecule has 0 bridgehead atoms. The third kappa shape index (κ3) is 27.8. The van der Waals surface area contributed by atoms with Gasteiger partial charge in [-0.1, -0.05) is 184 Å². The smallest absolute Gasteiger partial charge is 0.330 e. The minimum atomic E-state index is -1.87. The monoisotopic (exact) mass is 1340 g/mol. The lowest BCUT2D eigenvalue weighted by Crippen LogP contribution is -2.44. The van der Waals surface area contributed by atoms with E-state index in [-0.39, 0.29) is 84.6 Å². The van der Waals surface area contributed by atoms with Crippen LogP contribution in [0.4, 0.5) is 0 Å². The Bertz CT molecular complexity index is 2570. The number of esters is 1. The van der Waals surface area contributed by atoms with Gasteiger partial charge in [-0.05, 0) is 143 Å². The molecule has 0 radical (unpaired) electrons. The van der Waals surface area contributed by atoms with Gasteiger partial charge in [-0.2, -0.15) is 0 Å². The number of carbonyl (C=O) groups is 3. The van der Waals surface area contributed by atoms with Crippen molar-refractivity contribution in [3.05, 3.63) is 134 Å². The first-order chi connectivity index (χ1) is 45.0. The summed E-state index contributed by atoms with van der Waals surface area (Å²) < 4.78 is 56.3. The zero-order chi connectivity index (χ0) is 70.0.